The van der Waals surface area contributed by atoms with Crippen LogP contribution in [0.25, 0.3) is 0 Å². The van der Waals surface area contributed by atoms with Crippen molar-refractivity contribution in [2.24, 2.45) is 11.3 Å². The van der Waals surface area contributed by atoms with E-state index in [-0.39, 0.29) is 23.3 Å². The van der Waals surface area contributed by atoms with E-state index >= 15 is 0 Å². The van der Waals surface area contributed by atoms with Gasteiger partial charge in [-0.3, -0.25) is 9.59 Å². The lowest BCUT2D eigenvalue weighted by Crippen LogP contribution is -2.38. The second kappa shape index (κ2) is 5.02. The smallest absolute Gasteiger partial charge is 0.239 e. The van der Waals surface area contributed by atoms with Crippen molar-refractivity contribution < 1.29 is 9.59 Å². The summed E-state index contributed by atoms with van der Waals surface area (Å²) >= 11 is 5.96. The van der Waals surface area contributed by atoms with Crippen LogP contribution in [0.5, 0.6) is 0 Å². The first-order valence-electron chi connectivity index (χ1n) is 7.26. The lowest BCUT2D eigenvalue weighted by Gasteiger charge is -2.17. The highest BCUT2D eigenvalue weighted by Crippen LogP contribution is 2.44. The third-order valence-corrected chi connectivity index (χ3v) is 4.71. The zero-order valence-electron chi connectivity index (χ0n) is 12.2. The molecule has 21 heavy (non-hydrogen) atoms. The van der Waals surface area contributed by atoms with Gasteiger partial charge in [0.05, 0.1) is 0 Å². The molecule has 112 valence electrons. The van der Waals surface area contributed by atoms with E-state index in [4.69, 9.17) is 11.6 Å². The second-order valence-electron chi connectivity index (χ2n) is 6.56. The quantitative estimate of drug-likeness (QED) is 0.873. The van der Waals surface area contributed by atoms with Gasteiger partial charge in [0.25, 0.3) is 0 Å². The van der Waals surface area contributed by atoms with Crippen molar-refractivity contribution in [3.05, 3.63) is 29.3 Å². The maximum absolute atomic E-state index is 12.4. The normalized spacial score (nSPS) is 26.8. The Balaban J connectivity index is 1.67. The van der Waals surface area contributed by atoms with Crippen LogP contribution in [0.1, 0.15) is 26.7 Å². The van der Waals surface area contributed by atoms with Crippen molar-refractivity contribution in [1.82, 2.24) is 5.32 Å². The number of benzene rings is 1. The molecule has 1 unspecified atom stereocenters. The molecule has 4 nitrogen and oxygen atoms in total. The molecule has 1 N–H and O–H groups in total. The largest absolute Gasteiger partial charge is 0.352 e. The molecule has 1 aliphatic carbocycles. The van der Waals surface area contributed by atoms with Crippen LogP contribution >= 0.6 is 11.6 Å². The van der Waals surface area contributed by atoms with E-state index in [9.17, 15) is 9.59 Å². The number of rotatable bonds is 3. The fourth-order valence-electron chi connectivity index (χ4n) is 2.81. The van der Waals surface area contributed by atoms with Gasteiger partial charge in [-0.05, 0) is 36.5 Å². The highest BCUT2D eigenvalue weighted by molar-refractivity contribution is 6.31. The fraction of sp³-hybridized carbons (Fsp3) is 0.500. The minimum absolute atomic E-state index is 0.131. The van der Waals surface area contributed by atoms with E-state index in [2.05, 4.69) is 19.2 Å². The van der Waals surface area contributed by atoms with Gasteiger partial charge in [-0.1, -0.05) is 31.5 Å². The van der Waals surface area contributed by atoms with E-state index < -0.39 is 5.92 Å². The standard InChI is InChI=1S/C16H19ClN2O2/c1-16(2)9-13(16)18-14(20)12-6-7-19(15(12)21)11-5-3-4-10(17)8-11/h3-5,8,12-13H,6-7,9H2,1-2H3,(H,18,20)/t12?,13-/m0/s1. The highest BCUT2D eigenvalue weighted by atomic mass is 35.5. The van der Waals surface area contributed by atoms with Crippen molar-refractivity contribution in [1.29, 1.82) is 0 Å². The first-order valence-corrected chi connectivity index (χ1v) is 7.63. The van der Waals surface area contributed by atoms with Crippen LogP contribution < -0.4 is 10.2 Å². The molecule has 1 aliphatic heterocycles. The Morgan fingerprint density at radius 2 is 2.14 bits per heavy atom. The predicted molar refractivity (Wildman–Crippen MR) is 82.2 cm³/mol. The number of anilines is 1. The van der Waals surface area contributed by atoms with Gasteiger partial charge in [0.2, 0.25) is 11.8 Å². The van der Waals surface area contributed by atoms with Gasteiger partial charge in [0.1, 0.15) is 5.92 Å². The van der Waals surface area contributed by atoms with Crippen LogP contribution in [0, 0.1) is 11.3 Å². The zero-order chi connectivity index (χ0) is 15.2. The third-order valence-electron chi connectivity index (χ3n) is 4.47. The SMILES string of the molecule is CC1(C)C[C@@H]1NC(=O)C1CCN(c2cccc(Cl)c2)C1=O. The van der Waals surface area contributed by atoms with Crippen molar-refractivity contribution in [3.8, 4) is 0 Å². The van der Waals surface area contributed by atoms with E-state index in [0.29, 0.717) is 18.0 Å². The molecule has 1 saturated heterocycles. The minimum atomic E-state index is -0.569. The van der Waals surface area contributed by atoms with Gasteiger partial charge in [0.15, 0.2) is 0 Å². The summed E-state index contributed by atoms with van der Waals surface area (Å²) in [6.07, 6.45) is 1.54. The Morgan fingerprint density at radius 3 is 2.76 bits per heavy atom. The molecule has 1 heterocycles. The van der Waals surface area contributed by atoms with Crippen LogP contribution in [0.15, 0.2) is 24.3 Å². The van der Waals surface area contributed by atoms with Gasteiger partial charge in [-0.2, -0.15) is 0 Å². The van der Waals surface area contributed by atoms with Crippen molar-refractivity contribution in [3.63, 3.8) is 0 Å². The Labute approximate surface area is 129 Å². The molecule has 0 spiro atoms. The molecule has 0 radical (unpaired) electrons. The fourth-order valence-corrected chi connectivity index (χ4v) is 2.99. The molecule has 2 fully saturated rings. The van der Waals surface area contributed by atoms with Gasteiger partial charge < -0.3 is 10.2 Å². The summed E-state index contributed by atoms with van der Waals surface area (Å²) in [5.41, 5.74) is 0.929. The first-order chi connectivity index (χ1) is 9.88. The number of nitrogens with one attached hydrogen (secondary N) is 1. The first kappa shape index (κ1) is 14.4. The number of hydrogen-bond donors (Lipinski definition) is 1. The molecule has 0 bridgehead atoms. The van der Waals surface area contributed by atoms with Crippen LogP contribution in [0.3, 0.4) is 0 Å². The van der Waals surface area contributed by atoms with E-state index in [1.54, 1.807) is 17.0 Å². The maximum Gasteiger partial charge on any atom is 0.239 e. The lowest BCUT2D eigenvalue weighted by molar-refractivity contribution is -0.132. The monoisotopic (exact) mass is 306 g/mol. The molecular weight excluding hydrogens is 288 g/mol. The summed E-state index contributed by atoms with van der Waals surface area (Å²) in [7, 11) is 0. The van der Waals surface area contributed by atoms with Gasteiger partial charge in [-0.15, -0.1) is 0 Å². The topological polar surface area (TPSA) is 49.4 Å². The number of amides is 2. The van der Waals surface area contributed by atoms with Crippen LogP contribution in [-0.2, 0) is 9.59 Å². The van der Waals surface area contributed by atoms with Gasteiger partial charge >= 0.3 is 0 Å². The molecule has 2 amide bonds. The summed E-state index contributed by atoms with van der Waals surface area (Å²) in [6, 6.07) is 7.38. The highest BCUT2D eigenvalue weighted by Gasteiger charge is 2.48. The molecule has 2 atom stereocenters. The summed E-state index contributed by atoms with van der Waals surface area (Å²) in [4.78, 5) is 26.3. The van der Waals surface area contributed by atoms with Gasteiger partial charge in [-0.25, -0.2) is 0 Å². The van der Waals surface area contributed by atoms with Gasteiger partial charge in [0, 0.05) is 23.3 Å². The van der Waals surface area contributed by atoms with Crippen molar-refractivity contribution >= 4 is 29.1 Å². The summed E-state index contributed by atoms with van der Waals surface area (Å²) in [6.45, 7) is 4.80. The second-order valence-corrected chi connectivity index (χ2v) is 7.00. The molecule has 3 rings (SSSR count). The molecule has 1 saturated carbocycles. The number of hydrogen-bond acceptors (Lipinski definition) is 2. The summed E-state index contributed by atoms with van der Waals surface area (Å²) < 4.78 is 0. The average molecular weight is 307 g/mol. The van der Waals surface area contributed by atoms with E-state index in [0.717, 1.165) is 12.1 Å². The Bertz CT molecular complexity index is 600. The molecular formula is C16H19ClN2O2. The predicted octanol–water partition coefficient (Wildman–Crippen LogP) is 2.61. The van der Waals surface area contributed by atoms with Crippen molar-refractivity contribution in [2.75, 3.05) is 11.4 Å². The summed E-state index contributed by atoms with van der Waals surface area (Å²) in [5.74, 6) is -0.839. The molecule has 1 aromatic rings. The average Bonchev–Trinajstić information content (AvgIpc) is 2.82. The van der Waals surface area contributed by atoms with Crippen molar-refractivity contribution in [2.45, 2.75) is 32.7 Å². The van der Waals surface area contributed by atoms with Crippen LogP contribution in [0.4, 0.5) is 5.69 Å². The number of carbonyl (C=O) groups is 2. The Kier molecular flexibility index (Phi) is 3.44. The number of halogens is 1. The Morgan fingerprint density at radius 1 is 1.43 bits per heavy atom. The van der Waals surface area contributed by atoms with Crippen LogP contribution in [0.2, 0.25) is 5.02 Å². The minimum Gasteiger partial charge on any atom is -0.352 e. The molecule has 5 heteroatoms. The lowest BCUT2D eigenvalue weighted by atomic mass is 10.1. The number of nitrogens with zero attached hydrogens (tertiary/aromatic N) is 1. The van der Waals surface area contributed by atoms with E-state index in [1.807, 2.05) is 12.1 Å². The van der Waals surface area contributed by atoms with E-state index in [1.165, 1.54) is 0 Å². The molecule has 1 aromatic carbocycles. The summed E-state index contributed by atoms with van der Waals surface area (Å²) in [5, 5.41) is 3.58. The van der Waals surface area contributed by atoms with Crippen LogP contribution in [-0.4, -0.2) is 24.4 Å². The zero-order valence-corrected chi connectivity index (χ0v) is 13.0. The molecule has 2 aliphatic rings. The third kappa shape index (κ3) is 2.77. The maximum atomic E-state index is 12.4. The number of carbonyl (C=O) groups excluding carboxylic acids is 2. The molecule has 0 aromatic heterocycles. The Hall–Kier alpha value is -1.55.